The van der Waals surface area contributed by atoms with Crippen LogP contribution in [0, 0.1) is 11.6 Å². The van der Waals surface area contributed by atoms with E-state index in [1.54, 1.807) is 19.2 Å². The number of benzene rings is 2. The zero-order valence-electron chi connectivity index (χ0n) is 12.9. The van der Waals surface area contributed by atoms with Crippen molar-refractivity contribution < 1.29 is 18.3 Å². The van der Waals surface area contributed by atoms with Crippen molar-refractivity contribution in [3.8, 4) is 17.2 Å². The minimum absolute atomic E-state index is 0.212. The van der Waals surface area contributed by atoms with Crippen LogP contribution in [-0.2, 0) is 0 Å². The van der Waals surface area contributed by atoms with E-state index in [0.717, 1.165) is 12.1 Å². The number of hydrogen-bond donors (Lipinski definition) is 1. The summed E-state index contributed by atoms with van der Waals surface area (Å²) in [6, 6.07) is 6.99. The summed E-state index contributed by atoms with van der Waals surface area (Å²) in [6.07, 6.45) is 1.46. The van der Waals surface area contributed by atoms with E-state index in [4.69, 9.17) is 21.1 Å². The molecule has 2 aromatic carbocycles. The molecule has 1 aromatic heterocycles. The molecule has 0 amide bonds. The molecule has 4 nitrogen and oxygen atoms in total. The first-order valence-corrected chi connectivity index (χ1v) is 7.38. The second-order valence-corrected chi connectivity index (χ2v) is 5.37. The van der Waals surface area contributed by atoms with Crippen LogP contribution in [0.3, 0.4) is 0 Å². The van der Waals surface area contributed by atoms with Crippen LogP contribution in [0.5, 0.6) is 17.2 Å². The maximum atomic E-state index is 14.2. The Kier molecular flexibility index (Phi) is 4.40. The molecule has 0 unspecified atom stereocenters. The van der Waals surface area contributed by atoms with Gasteiger partial charge in [0, 0.05) is 36.1 Å². The van der Waals surface area contributed by atoms with Crippen LogP contribution in [0.1, 0.15) is 0 Å². The van der Waals surface area contributed by atoms with Gasteiger partial charge in [-0.1, -0.05) is 11.6 Å². The third kappa shape index (κ3) is 2.92. The number of nitrogens with one attached hydrogen (secondary N) is 1. The number of ether oxygens (including phenoxy) is 2. The number of fused-ring (bicyclic) bond motifs is 1. The summed E-state index contributed by atoms with van der Waals surface area (Å²) < 4.78 is 39.1. The van der Waals surface area contributed by atoms with E-state index < -0.39 is 17.4 Å². The molecule has 1 N–H and O–H groups in total. The quantitative estimate of drug-likeness (QED) is 0.718. The first-order chi connectivity index (χ1) is 11.5. The second-order valence-electron chi connectivity index (χ2n) is 4.93. The normalized spacial score (nSPS) is 10.7. The summed E-state index contributed by atoms with van der Waals surface area (Å²) in [5.41, 5.74) is 0.797. The topological polar surface area (TPSA) is 43.4 Å². The lowest BCUT2D eigenvalue weighted by Crippen LogP contribution is -1.98. The molecule has 0 atom stereocenters. The fraction of sp³-hybridized carbons (Fsp3) is 0.118. The van der Waals surface area contributed by atoms with Crippen molar-refractivity contribution in [1.82, 2.24) is 4.98 Å². The first-order valence-electron chi connectivity index (χ1n) is 7.00. The monoisotopic (exact) mass is 350 g/mol. The van der Waals surface area contributed by atoms with E-state index in [0.29, 0.717) is 27.4 Å². The Hall–Kier alpha value is -2.60. The number of hydrogen-bond acceptors (Lipinski definition) is 4. The minimum Gasteiger partial charge on any atom is -0.496 e. The van der Waals surface area contributed by atoms with Gasteiger partial charge in [-0.05, 0) is 18.2 Å². The molecule has 7 heteroatoms. The highest BCUT2D eigenvalue weighted by molar-refractivity contribution is 6.31. The molecule has 0 saturated heterocycles. The van der Waals surface area contributed by atoms with E-state index in [1.165, 1.54) is 19.4 Å². The van der Waals surface area contributed by atoms with Crippen LogP contribution in [0.25, 0.3) is 10.9 Å². The Morgan fingerprint density at radius 3 is 2.42 bits per heavy atom. The Balaban J connectivity index is 2.15. The minimum atomic E-state index is -0.822. The van der Waals surface area contributed by atoms with E-state index in [-0.39, 0.29) is 5.75 Å². The molecule has 0 saturated carbocycles. The van der Waals surface area contributed by atoms with Crippen molar-refractivity contribution in [1.29, 1.82) is 0 Å². The largest absolute Gasteiger partial charge is 0.496 e. The smallest absolute Gasteiger partial charge is 0.198 e. The van der Waals surface area contributed by atoms with Crippen molar-refractivity contribution in [2.24, 2.45) is 0 Å². The lowest BCUT2D eigenvalue weighted by atomic mass is 10.2. The average molecular weight is 351 g/mol. The van der Waals surface area contributed by atoms with Crippen molar-refractivity contribution >= 4 is 28.2 Å². The van der Waals surface area contributed by atoms with Gasteiger partial charge in [-0.15, -0.1) is 0 Å². The highest BCUT2D eigenvalue weighted by Gasteiger charge is 2.17. The Bertz CT molecular complexity index is 895. The van der Waals surface area contributed by atoms with Crippen molar-refractivity contribution in [2.75, 3.05) is 19.5 Å². The van der Waals surface area contributed by atoms with Gasteiger partial charge in [0.15, 0.2) is 17.4 Å². The molecule has 0 aliphatic heterocycles. The molecule has 0 radical (unpaired) electrons. The van der Waals surface area contributed by atoms with Crippen LogP contribution in [0.15, 0.2) is 36.5 Å². The van der Waals surface area contributed by atoms with Gasteiger partial charge in [0.25, 0.3) is 0 Å². The van der Waals surface area contributed by atoms with E-state index in [2.05, 4.69) is 10.3 Å². The van der Waals surface area contributed by atoms with Gasteiger partial charge in [-0.25, -0.2) is 8.78 Å². The fourth-order valence-electron chi connectivity index (χ4n) is 2.34. The van der Waals surface area contributed by atoms with Crippen LogP contribution in [0.4, 0.5) is 14.5 Å². The zero-order chi connectivity index (χ0) is 17.3. The summed E-state index contributed by atoms with van der Waals surface area (Å²) in [4.78, 5) is 4.18. The average Bonchev–Trinajstić information content (AvgIpc) is 2.56. The lowest BCUT2D eigenvalue weighted by molar-refractivity contribution is 0.402. The van der Waals surface area contributed by atoms with Crippen molar-refractivity contribution in [3.63, 3.8) is 0 Å². The molecule has 1 heterocycles. The van der Waals surface area contributed by atoms with Gasteiger partial charge in [0.05, 0.1) is 18.0 Å². The molecule has 124 valence electrons. The fourth-order valence-corrected chi connectivity index (χ4v) is 2.55. The summed E-state index contributed by atoms with van der Waals surface area (Å²) in [6.45, 7) is 0. The molecule has 0 bridgehead atoms. The summed E-state index contributed by atoms with van der Waals surface area (Å²) in [5, 5.41) is 3.58. The molecular formula is C17H13ClF2N2O2. The van der Waals surface area contributed by atoms with Crippen LogP contribution < -0.4 is 14.8 Å². The van der Waals surface area contributed by atoms with Gasteiger partial charge >= 0.3 is 0 Å². The molecule has 0 aliphatic rings. The number of anilines is 1. The number of aromatic nitrogens is 1. The standard InChI is InChI=1S/C17H13ClF2N2O2/c1-21-10-7-11(19)17(12(20)8-10)24-14-3-4-22-13-5-9(18)6-15(23-2)16(13)14/h3-8,21H,1-2H3. The molecule has 24 heavy (non-hydrogen) atoms. The van der Waals surface area contributed by atoms with Gasteiger partial charge in [0.1, 0.15) is 11.5 Å². The number of rotatable bonds is 4. The maximum Gasteiger partial charge on any atom is 0.198 e. The van der Waals surface area contributed by atoms with Gasteiger partial charge < -0.3 is 14.8 Å². The Morgan fingerprint density at radius 2 is 1.79 bits per heavy atom. The van der Waals surface area contributed by atoms with E-state index in [1.807, 2.05) is 0 Å². The van der Waals surface area contributed by atoms with E-state index in [9.17, 15) is 8.78 Å². The molecular weight excluding hydrogens is 338 g/mol. The molecule has 0 spiro atoms. The third-order valence-corrected chi connectivity index (χ3v) is 3.67. The van der Waals surface area contributed by atoms with Crippen LogP contribution in [0.2, 0.25) is 5.02 Å². The number of methoxy groups -OCH3 is 1. The highest BCUT2D eigenvalue weighted by Crippen LogP contribution is 2.39. The first kappa shape index (κ1) is 16.3. The summed E-state index contributed by atoms with van der Waals surface area (Å²) in [7, 11) is 3.03. The van der Waals surface area contributed by atoms with Crippen LogP contribution in [-0.4, -0.2) is 19.1 Å². The summed E-state index contributed by atoms with van der Waals surface area (Å²) in [5.74, 6) is -1.54. The number of nitrogens with zero attached hydrogens (tertiary/aromatic N) is 1. The number of pyridine rings is 1. The maximum absolute atomic E-state index is 14.2. The Labute approximate surface area is 142 Å². The molecule has 0 aliphatic carbocycles. The number of halogens is 3. The third-order valence-electron chi connectivity index (χ3n) is 3.45. The van der Waals surface area contributed by atoms with E-state index >= 15 is 0 Å². The predicted octanol–water partition coefficient (Wildman–Crippen LogP) is 5.01. The highest BCUT2D eigenvalue weighted by atomic mass is 35.5. The lowest BCUT2D eigenvalue weighted by Gasteiger charge is -2.13. The van der Waals surface area contributed by atoms with Gasteiger partial charge in [0.2, 0.25) is 0 Å². The summed E-state index contributed by atoms with van der Waals surface area (Å²) >= 11 is 6.01. The second kappa shape index (κ2) is 6.49. The molecule has 3 rings (SSSR count). The SMILES string of the molecule is CNc1cc(F)c(Oc2ccnc3cc(Cl)cc(OC)c23)c(F)c1. The van der Waals surface area contributed by atoms with Gasteiger partial charge in [-0.2, -0.15) is 0 Å². The van der Waals surface area contributed by atoms with Crippen LogP contribution >= 0.6 is 11.6 Å². The van der Waals surface area contributed by atoms with Gasteiger partial charge in [-0.3, -0.25) is 4.98 Å². The zero-order valence-corrected chi connectivity index (χ0v) is 13.6. The molecule has 0 fully saturated rings. The predicted molar refractivity (Wildman–Crippen MR) is 89.3 cm³/mol. The molecule has 3 aromatic rings. The van der Waals surface area contributed by atoms with Crippen molar-refractivity contribution in [3.05, 3.63) is 53.2 Å². The van der Waals surface area contributed by atoms with Crippen molar-refractivity contribution in [2.45, 2.75) is 0 Å². The Morgan fingerprint density at radius 1 is 1.08 bits per heavy atom.